The highest BCUT2D eigenvalue weighted by Crippen LogP contribution is 2.19. The first-order valence-electron chi connectivity index (χ1n) is 9.06. The van der Waals surface area contributed by atoms with Crippen molar-refractivity contribution >= 4 is 16.9 Å². The van der Waals surface area contributed by atoms with Gasteiger partial charge in [-0.05, 0) is 48.9 Å². The van der Waals surface area contributed by atoms with Gasteiger partial charge >= 0.3 is 0 Å². The number of carbonyl (C=O) groups is 1. The first-order valence-corrected chi connectivity index (χ1v) is 9.06. The minimum atomic E-state index is -0.241. The molecule has 0 spiro atoms. The summed E-state index contributed by atoms with van der Waals surface area (Å²) in [7, 11) is 1.62. The van der Waals surface area contributed by atoms with Gasteiger partial charge in [-0.2, -0.15) is 0 Å². The predicted octanol–water partition coefficient (Wildman–Crippen LogP) is 3.92. The molecule has 0 aliphatic rings. The Morgan fingerprint density at radius 2 is 1.89 bits per heavy atom. The zero-order valence-corrected chi connectivity index (χ0v) is 15.8. The molecule has 0 atom stereocenters. The van der Waals surface area contributed by atoms with Crippen LogP contribution in [0, 0.1) is 6.92 Å². The number of aromatic nitrogens is 2. The molecule has 0 aliphatic carbocycles. The van der Waals surface area contributed by atoms with Crippen LogP contribution in [0.2, 0.25) is 0 Å². The lowest BCUT2D eigenvalue weighted by molar-refractivity contribution is 0.0921. The van der Waals surface area contributed by atoms with Crippen LogP contribution >= 0.6 is 0 Å². The zero-order chi connectivity index (χ0) is 19.5. The maximum atomic E-state index is 12.4. The lowest BCUT2D eigenvalue weighted by Crippen LogP contribution is -2.22. The average molecular weight is 375 g/mol. The molecule has 2 aromatic carbocycles. The molecule has 0 saturated heterocycles. The quantitative estimate of drug-likeness (QED) is 0.554. The molecular formula is C22H21N3O3. The standard InChI is InChI=1S/C22H21N3O3/c1-15-24-19-5-3-4-6-20(19)25(15)14-18-11-12-21(28-18)22(26)23-13-16-7-9-17(27-2)10-8-16/h3-12H,13-14H2,1-2H3,(H,23,26). The van der Waals surface area contributed by atoms with Gasteiger partial charge in [-0.25, -0.2) is 4.98 Å². The van der Waals surface area contributed by atoms with Crippen molar-refractivity contribution < 1.29 is 13.9 Å². The fraction of sp³-hybridized carbons (Fsp3) is 0.182. The number of methoxy groups -OCH3 is 1. The van der Waals surface area contributed by atoms with Crippen LogP contribution in [0.5, 0.6) is 5.75 Å². The molecule has 6 nitrogen and oxygen atoms in total. The number of para-hydroxylation sites is 2. The summed E-state index contributed by atoms with van der Waals surface area (Å²) in [4.78, 5) is 16.9. The number of amides is 1. The second kappa shape index (κ2) is 7.60. The number of hydrogen-bond donors (Lipinski definition) is 1. The molecule has 4 rings (SSSR count). The minimum absolute atomic E-state index is 0.241. The van der Waals surface area contributed by atoms with Crippen molar-refractivity contribution in [2.24, 2.45) is 0 Å². The third-order valence-electron chi connectivity index (χ3n) is 4.66. The van der Waals surface area contributed by atoms with Crippen LogP contribution in [0.25, 0.3) is 11.0 Å². The Hall–Kier alpha value is -3.54. The van der Waals surface area contributed by atoms with Crippen LogP contribution in [0.1, 0.15) is 27.7 Å². The van der Waals surface area contributed by atoms with Crippen molar-refractivity contribution in [1.82, 2.24) is 14.9 Å². The fourth-order valence-corrected chi connectivity index (χ4v) is 3.15. The van der Waals surface area contributed by atoms with Gasteiger partial charge in [0.05, 0.1) is 24.7 Å². The van der Waals surface area contributed by atoms with Gasteiger partial charge in [0.15, 0.2) is 5.76 Å². The number of aryl methyl sites for hydroxylation is 1. The molecule has 6 heteroatoms. The van der Waals surface area contributed by atoms with E-state index in [1.54, 1.807) is 13.2 Å². The minimum Gasteiger partial charge on any atom is -0.497 e. The topological polar surface area (TPSA) is 69.3 Å². The van der Waals surface area contributed by atoms with Crippen LogP contribution in [0.15, 0.2) is 65.1 Å². The second-order valence-electron chi connectivity index (χ2n) is 6.53. The Kier molecular flexibility index (Phi) is 4.85. The zero-order valence-electron chi connectivity index (χ0n) is 15.8. The Morgan fingerprint density at radius 3 is 2.68 bits per heavy atom. The van der Waals surface area contributed by atoms with E-state index in [4.69, 9.17) is 9.15 Å². The number of nitrogens with zero attached hydrogens (tertiary/aromatic N) is 2. The van der Waals surface area contributed by atoms with Gasteiger partial charge in [-0.1, -0.05) is 24.3 Å². The number of ether oxygens (including phenoxy) is 1. The average Bonchev–Trinajstić information content (AvgIpc) is 3.32. The van der Waals surface area contributed by atoms with Crippen molar-refractivity contribution in [2.75, 3.05) is 7.11 Å². The molecule has 1 amide bonds. The maximum absolute atomic E-state index is 12.4. The van der Waals surface area contributed by atoms with Gasteiger partial charge in [-0.15, -0.1) is 0 Å². The third kappa shape index (κ3) is 3.62. The summed E-state index contributed by atoms with van der Waals surface area (Å²) < 4.78 is 13.0. The number of carbonyl (C=O) groups excluding carboxylic acids is 1. The van der Waals surface area contributed by atoms with Gasteiger partial charge in [0.1, 0.15) is 17.3 Å². The van der Waals surface area contributed by atoms with E-state index < -0.39 is 0 Å². The van der Waals surface area contributed by atoms with Crippen LogP contribution in [-0.2, 0) is 13.1 Å². The molecule has 28 heavy (non-hydrogen) atoms. The third-order valence-corrected chi connectivity index (χ3v) is 4.66. The monoisotopic (exact) mass is 375 g/mol. The van der Waals surface area contributed by atoms with E-state index in [2.05, 4.69) is 14.9 Å². The van der Waals surface area contributed by atoms with Crippen molar-refractivity contribution in [3.05, 3.63) is 83.6 Å². The van der Waals surface area contributed by atoms with E-state index in [1.807, 2.05) is 61.5 Å². The number of hydrogen-bond acceptors (Lipinski definition) is 4. The Morgan fingerprint density at radius 1 is 1.11 bits per heavy atom. The van der Waals surface area contributed by atoms with Gasteiger partial charge < -0.3 is 19.0 Å². The molecular weight excluding hydrogens is 354 g/mol. The fourth-order valence-electron chi connectivity index (χ4n) is 3.15. The van der Waals surface area contributed by atoms with Crippen molar-refractivity contribution in [2.45, 2.75) is 20.0 Å². The Labute approximate surface area is 162 Å². The molecule has 0 unspecified atom stereocenters. The summed E-state index contributed by atoms with van der Waals surface area (Å²) in [6.07, 6.45) is 0. The van der Waals surface area contributed by atoms with E-state index in [0.717, 1.165) is 28.2 Å². The molecule has 1 N–H and O–H groups in total. The number of imidazole rings is 1. The molecule has 2 heterocycles. The molecule has 0 bridgehead atoms. The van der Waals surface area contributed by atoms with E-state index >= 15 is 0 Å². The summed E-state index contributed by atoms with van der Waals surface area (Å²) in [5.41, 5.74) is 2.98. The summed E-state index contributed by atoms with van der Waals surface area (Å²) >= 11 is 0. The summed E-state index contributed by atoms with van der Waals surface area (Å²) in [6, 6.07) is 19.1. The lowest BCUT2D eigenvalue weighted by Gasteiger charge is -2.06. The number of furan rings is 1. The van der Waals surface area contributed by atoms with Crippen LogP contribution in [0.3, 0.4) is 0 Å². The van der Waals surface area contributed by atoms with E-state index in [-0.39, 0.29) is 5.91 Å². The van der Waals surface area contributed by atoms with E-state index in [1.165, 1.54) is 0 Å². The molecule has 0 saturated carbocycles. The molecule has 0 radical (unpaired) electrons. The lowest BCUT2D eigenvalue weighted by atomic mass is 10.2. The number of nitrogens with one attached hydrogen (secondary N) is 1. The molecule has 0 fully saturated rings. The number of benzene rings is 2. The predicted molar refractivity (Wildman–Crippen MR) is 106 cm³/mol. The summed E-state index contributed by atoms with van der Waals surface area (Å²) in [5, 5.41) is 2.87. The Balaban J connectivity index is 1.43. The highest BCUT2D eigenvalue weighted by molar-refractivity contribution is 5.91. The maximum Gasteiger partial charge on any atom is 0.287 e. The largest absolute Gasteiger partial charge is 0.497 e. The molecule has 4 aromatic rings. The highest BCUT2D eigenvalue weighted by atomic mass is 16.5. The van der Waals surface area contributed by atoms with Crippen LogP contribution < -0.4 is 10.1 Å². The van der Waals surface area contributed by atoms with Gasteiger partial charge in [-0.3, -0.25) is 4.79 Å². The molecule has 2 aromatic heterocycles. The van der Waals surface area contributed by atoms with Crippen LogP contribution in [-0.4, -0.2) is 22.6 Å². The SMILES string of the molecule is COc1ccc(CNC(=O)c2ccc(Cn3c(C)nc4ccccc43)o2)cc1. The summed E-state index contributed by atoms with van der Waals surface area (Å²) in [6.45, 7) is 2.91. The van der Waals surface area contributed by atoms with E-state index in [9.17, 15) is 4.79 Å². The number of fused-ring (bicyclic) bond motifs is 1. The molecule has 0 aliphatic heterocycles. The first kappa shape index (κ1) is 17.9. The first-order chi connectivity index (χ1) is 13.6. The Bertz CT molecular complexity index is 1110. The van der Waals surface area contributed by atoms with Crippen molar-refractivity contribution in [1.29, 1.82) is 0 Å². The highest BCUT2D eigenvalue weighted by Gasteiger charge is 2.13. The van der Waals surface area contributed by atoms with Gasteiger partial charge in [0.2, 0.25) is 0 Å². The molecule has 142 valence electrons. The second-order valence-corrected chi connectivity index (χ2v) is 6.53. The summed E-state index contributed by atoms with van der Waals surface area (Å²) in [5.74, 6) is 2.46. The normalized spacial score (nSPS) is 10.9. The van der Waals surface area contributed by atoms with Gasteiger partial charge in [0, 0.05) is 6.54 Å². The van der Waals surface area contributed by atoms with Crippen molar-refractivity contribution in [3.8, 4) is 5.75 Å². The van der Waals surface area contributed by atoms with E-state index in [0.29, 0.717) is 24.6 Å². The smallest absolute Gasteiger partial charge is 0.287 e. The number of rotatable bonds is 6. The van der Waals surface area contributed by atoms with Crippen molar-refractivity contribution in [3.63, 3.8) is 0 Å². The van der Waals surface area contributed by atoms with Crippen LogP contribution in [0.4, 0.5) is 0 Å². The van der Waals surface area contributed by atoms with Gasteiger partial charge in [0.25, 0.3) is 5.91 Å².